The summed E-state index contributed by atoms with van der Waals surface area (Å²) in [6.45, 7) is 8.08. The Kier molecular flexibility index (Phi) is 4.14. The van der Waals surface area contributed by atoms with Gasteiger partial charge < -0.3 is 15.5 Å². The SMILES string of the molecule is Cc1cc(C(C)Nc2ccc(C(N)=S)c(C)c2)c(C)o1. The molecule has 0 fully saturated rings. The molecule has 106 valence electrons. The van der Waals surface area contributed by atoms with Crippen LogP contribution in [0.5, 0.6) is 0 Å². The number of aryl methyl sites for hydroxylation is 3. The van der Waals surface area contributed by atoms with Gasteiger partial charge in [0.1, 0.15) is 16.5 Å². The quantitative estimate of drug-likeness (QED) is 0.835. The van der Waals surface area contributed by atoms with Crippen molar-refractivity contribution in [3.8, 4) is 0 Å². The molecule has 0 spiro atoms. The van der Waals surface area contributed by atoms with E-state index in [1.165, 1.54) is 5.56 Å². The molecule has 0 saturated heterocycles. The van der Waals surface area contributed by atoms with Crippen LogP contribution in [0.25, 0.3) is 0 Å². The maximum atomic E-state index is 5.68. The molecule has 4 heteroatoms. The predicted molar refractivity (Wildman–Crippen MR) is 87.3 cm³/mol. The number of thiocarbonyl (C=S) groups is 1. The number of nitrogens with one attached hydrogen (secondary N) is 1. The summed E-state index contributed by atoms with van der Waals surface area (Å²) >= 11 is 5.02. The van der Waals surface area contributed by atoms with Crippen LogP contribution in [0.15, 0.2) is 28.7 Å². The van der Waals surface area contributed by atoms with Crippen molar-refractivity contribution in [2.45, 2.75) is 33.7 Å². The molecule has 0 amide bonds. The lowest BCUT2D eigenvalue weighted by molar-refractivity contribution is 0.500. The van der Waals surface area contributed by atoms with Crippen LogP contribution >= 0.6 is 12.2 Å². The molecule has 1 aromatic carbocycles. The van der Waals surface area contributed by atoms with Gasteiger partial charge in [-0.15, -0.1) is 0 Å². The van der Waals surface area contributed by atoms with Crippen LogP contribution in [0.3, 0.4) is 0 Å². The summed E-state index contributed by atoms with van der Waals surface area (Å²) in [6.07, 6.45) is 0. The van der Waals surface area contributed by atoms with Gasteiger partial charge in [0.2, 0.25) is 0 Å². The summed E-state index contributed by atoms with van der Waals surface area (Å²) < 4.78 is 5.57. The van der Waals surface area contributed by atoms with Gasteiger partial charge in [0.15, 0.2) is 0 Å². The van der Waals surface area contributed by atoms with E-state index >= 15 is 0 Å². The Hall–Kier alpha value is -1.81. The van der Waals surface area contributed by atoms with Crippen LogP contribution in [-0.2, 0) is 0 Å². The molecule has 0 aliphatic rings. The van der Waals surface area contributed by atoms with Crippen LogP contribution in [0.4, 0.5) is 5.69 Å². The molecule has 20 heavy (non-hydrogen) atoms. The normalized spacial score (nSPS) is 12.2. The molecule has 2 aromatic rings. The van der Waals surface area contributed by atoms with Crippen molar-refractivity contribution in [2.75, 3.05) is 5.32 Å². The Morgan fingerprint density at radius 1 is 1.25 bits per heavy atom. The topological polar surface area (TPSA) is 51.2 Å². The zero-order chi connectivity index (χ0) is 14.9. The minimum Gasteiger partial charge on any atom is -0.466 e. The first kappa shape index (κ1) is 14.6. The molecule has 0 aliphatic carbocycles. The monoisotopic (exact) mass is 288 g/mol. The summed E-state index contributed by atoms with van der Waals surface area (Å²) in [5.41, 5.74) is 9.91. The van der Waals surface area contributed by atoms with Crippen LogP contribution in [0.1, 0.15) is 41.2 Å². The van der Waals surface area contributed by atoms with E-state index in [0.717, 1.165) is 28.3 Å². The zero-order valence-electron chi connectivity index (χ0n) is 12.3. The average Bonchev–Trinajstić information content (AvgIpc) is 2.68. The summed E-state index contributed by atoms with van der Waals surface area (Å²) in [5.74, 6) is 1.89. The lowest BCUT2D eigenvalue weighted by Gasteiger charge is -2.16. The highest BCUT2D eigenvalue weighted by molar-refractivity contribution is 7.80. The fourth-order valence-corrected chi connectivity index (χ4v) is 2.67. The molecule has 2 rings (SSSR count). The Morgan fingerprint density at radius 3 is 2.45 bits per heavy atom. The van der Waals surface area contributed by atoms with Crippen LogP contribution in [0.2, 0.25) is 0 Å². The van der Waals surface area contributed by atoms with Crippen LogP contribution in [-0.4, -0.2) is 4.99 Å². The Labute approximate surface area is 125 Å². The molecule has 0 aliphatic heterocycles. The first-order valence-electron chi connectivity index (χ1n) is 6.62. The van der Waals surface area contributed by atoms with Crippen molar-refractivity contribution in [3.05, 3.63) is 52.5 Å². The number of hydrogen-bond donors (Lipinski definition) is 2. The minimum absolute atomic E-state index is 0.183. The fraction of sp³-hybridized carbons (Fsp3) is 0.312. The third kappa shape index (κ3) is 3.02. The van der Waals surface area contributed by atoms with Crippen molar-refractivity contribution >= 4 is 22.9 Å². The lowest BCUT2D eigenvalue weighted by atomic mass is 10.1. The summed E-state index contributed by atoms with van der Waals surface area (Å²) in [4.78, 5) is 0.434. The fourth-order valence-electron chi connectivity index (χ4n) is 2.44. The summed E-state index contributed by atoms with van der Waals surface area (Å²) in [6, 6.07) is 8.28. The maximum absolute atomic E-state index is 5.68. The molecule has 0 radical (unpaired) electrons. The van der Waals surface area contributed by atoms with Gasteiger partial charge in [0, 0.05) is 16.8 Å². The maximum Gasteiger partial charge on any atom is 0.106 e. The molecule has 3 N–H and O–H groups in total. The van der Waals surface area contributed by atoms with Crippen molar-refractivity contribution in [3.63, 3.8) is 0 Å². The number of furan rings is 1. The van der Waals surface area contributed by atoms with Gasteiger partial charge in [-0.1, -0.05) is 12.2 Å². The summed E-state index contributed by atoms with van der Waals surface area (Å²) in [7, 11) is 0. The number of nitrogens with two attached hydrogens (primary N) is 1. The van der Waals surface area contributed by atoms with E-state index in [4.69, 9.17) is 22.4 Å². The third-order valence-electron chi connectivity index (χ3n) is 3.42. The second-order valence-electron chi connectivity index (χ2n) is 5.13. The van der Waals surface area contributed by atoms with Gasteiger partial charge in [-0.05, 0) is 57.5 Å². The van der Waals surface area contributed by atoms with Gasteiger partial charge in [0.25, 0.3) is 0 Å². The second kappa shape index (κ2) is 5.67. The third-order valence-corrected chi connectivity index (χ3v) is 3.64. The number of anilines is 1. The van der Waals surface area contributed by atoms with Gasteiger partial charge in [-0.2, -0.15) is 0 Å². The largest absolute Gasteiger partial charge is 0.466 e. The molecular formula is C16H20N2OS. The number of benzene rings is 1. The molecule has 0 saturated carbocycles. The van der Waals surface area contributed by atoms with E-state index in [2.05, 4.69) is 24.4 Å². The minimum atomic E-state index is 0.183. The molecule has 3 nitrogen and oxygen atoms in total. The number of hydrogen-bond acceptors (Lipinski definition) is 3. The first-order valence-corrected chi connectivity index (χ1v) is 7.03. The molecule has 1 atom stereocenters. The van der Waals surface area contributed by atoms with E-state index in [0.29, 0.717) is 4.99 Å². The summed E-state index contributed by atoms with van der Waals surface area (Å²) in [5, 5.41) is 3.48. The van der Waals surface area contributed by atoms with Crippen LogP contribution < -0.4 is 11.1 Å². The van der Waals surface area contributed by atoms with Crippen molar-refractivity contribution in [1.82, 2.24) is 0 Å². The molecule has 0 bridgehead atoms. The van der Waals surface area contributed by atoms with E-state index in [-0.39, 0.29) is 6.04 Å². The average molecular weight is 288 g/mol. The van der Waals surface area contributed by atoms with E-state index in [1.54, 1.807) is 0 Å². The Bertz CT molecular complexity index is 646. The van der Waals surface area contributed by atoms with Gasteiger partial charge in [-0.3, -0.25) is 0 Å². The van der Waals surface area contributed by atoms with E-state index < -0.39 is 0 Å². The van der Waals surface area contributed by atoms with Crippen molar-refractivity contribution < 1.29 is 4.42 Å². The smallest absolute Gasteiger partial charge is 0.106 e. The zero-order valence-corrected chi connectivity index (χ0v) is 13.1. The van der Waals surface area contributed by atoms with Crippen molar-refractivity contribution in [1.29, 1.82) is 0 Å². The molecular weight excluding hydrogens is 268 g/mol. The Morgan fingerprint density at radius 2 is 1.95 bits per heavy atom. The van der Waals surface area contributed by atoms with E-state index in [9.17, 15) is 0 Å². The predicted octanol–water partition coefficient (Wildman–Crippen LogP) is 4.01. The van der Waals surface area contributed by atoms with Gasteiger partial charge >= 0.3 is 0 Å². The molecule has 1 aromatic heterocycles. The van der Waals surface area contributed by atoms with Gasteiger partial charge in [-0.25, -0.2) is 0 Å². The highest BCUT2D eigenvalue weighted by Gasteiger charge is 2.13. The van der Waals surface area contributed by atoms with Crippen molar-refractivity contribution in [2.24, 2.45) is 5.73 Å². The van der Waals surface area contributed by atoms with Gasteiger partial charge in [0.05, 0.1) is 6.04 Å². The Balaban J connectivity index is 2.20. The highest BCUT2D eigenvalue weighted by Crippen LogP contribution is 2.25. The molecule has 1 heterocycles. The highest BCUT2D eigenvalue weighted by atomic mass is 32.1. The molecule has 1 unspecified atom stereocenters. The second-order valence-corrected chi connectivity index (χ2v) is 5.57. The number of rotatable bonds is 4. The van der Waals surface area contributed by atoms with E-state index in [1.807, 2.05) is 32.9 Å². The first-order chi connectivity index (χ1) is 9.38. The van der Waals surface area contributed by atoms with Crippen LogP contribution in [0, 0.1) is 20.8 Å². The lowest BCUT2D eigenvalue weighted by Crippen LogP contribution is -2.12. The standard InChI is InChI=1S/C16H20N2OS/c1-9-7-13(5-6-14(9)16(17)20)18-11(3)15-8-10(2)19-12(15)4/h5-8,11,18H,1-4H3,(H2,17,20).